The molecule has 1 saturated heterocycles. The fourth-order valence-electron chi connectivity index (χ4n) is 3.98. The standard InChI is InChI=1S/C26H19F2N3O2/c27-20-11-9-17(10-12-20)14-30-15-19(21-6-2-4-8-24(21)30)13-23-25(32)31(26(33)29-23)16-18-5-1-3-7-22(18)28/h1-13,15H,14,16H2,(H,29,33)/b23-13-. The van der Waals surface area contributed by atoms with Crippen LogP contribution in [0.25, 0.3) is 17.0 Å². The molecule has 33 heavy (non-hydrogen) atoms. The van der Waals surface area contributed by atoms with E-state index in [1.165, 1.54) is 18.2 Å². The second-order valence-corrected chi connectivity index (χ2v) is 7.83. The fraction of sp³-hybridized carbons (Fsp3) is 0.0769. The lowest BCUT2D eigenvalue weighted by Crippen LogP contribution is -2.30. The van der Waals surface area contributed by atoms with Gasteiger partial charge in [-0.05, 0) is 35.9 Å². The van der Waals surface area contributed by atoms with Gasteiger partial charge in [0, 0.05) is 34.8 Å². The number of aromatic nitrogens is 1. The maximum atomic E-state index is 14.0. The first-order valence-corrected chi connectivity index (χ1v) is 10.4. The Morgan fingerprint density at radius 1 is 0.848 bits per heavy atom. The Labute approximate surface area is 188 Å². The van der Waals surface area contributed by atoms with E-state index < -0.39 is 17.8 Å². The van der Waals surface area contributed by atoms with Crippen molar-refractivity contribution < 1.29 is 18.4 Å². The first kappa shape index (κ1) is 20.6. The third-order valence-electron chi connectivity index (χ3n) is 5.63. The summed E-state index contributed by atoms with van der Waals surface area (Å²) in [4.78, 5) is 26.3. The van der Waals surface area contributed by atoms with Crippen molar-refractivity contribution in [3.63, 3.8) is 0 Å². The van der Waals surface area contributed by atoms with E-state index in [4.69, 9.17) is 0 Å². The second kappa shape index (κ2) is 8.35. The molecule has 7 heteroatoms. The third-order valence-corrected chi connectivity index (χ3v) is 5.63. The number of nitrogens with one attached hydrogen (secondary N) is 1. The molecule has 3 amide bonds. The van der Waals surface area contributed by atoms with Gasteiger partial charge in [0.25, 0.3) is 5.91 Å². The smallest absolute Gasteiger partial charge is 0.329 e. The predicted molar refractivity (Wildman–Crippen MR) is 121 cm³/mol. The van der Waals surface area contributed by atoms with Crippen molar-refractivity contribution in [2.24, 2.45) is 0 Å². The number of hydrogen-bond acceptors (Lipinski definition) is 2. The molecule has 1 aliphatic heterocycles. The minimum absolute atomic E-state index is 0.126. The normalized spacial score (nSPS) is 15.0. The lowest BCUT2D eigenvalue weighted by Gasteiger charge is -2.12. The van der Waals surface area contributed by atoms with E-state index in [2.05, 4.69) is 5.32 Å². The van der Waals surface area contributed by atoms with Crippen LogP contribution in [0.2, 0.25) is 0 Å². The molecule has 4 aromatic rings. The fourth-order valence-corrected chi connectivity index (χ4v) is 3.98. The quantitative estimate of drug-likeness (QED) is 0.346. The van der Waals surface area contributed by atoms with Crippen molar-refractivity contribution >= 4 is 28.9 Å². The molecule has 2 heterocycles. The number of carbonyl (C=O) groups excluding carboxylic acids is 2. The molecule has 0 spiro atoms. The van der Waals surface area contributed by atoms with Crippen molar-refractivity contribution in [3.05, 3.63) is 113 Å². The van der Waals surface area contributed by atoms with Crippen LogP contribution in [0.15, 0.2) is 84.7 Å². The van der Waals surface area contributed by atoms with Gasteiger partial charge < -0.3 is 9.88 Å². The zero-order valence-corrected chi connectivity index (χ0v) is 17.5. The molecule has 0 aliphatic carbocycles. The maximum Gasteiger partial charge on any atom is 0.329 e. The van der Waals surface area contributed by atoms with Crippen LogP contribution in [-0.2, 0) is 17.9 Å². The topological polar surface area (TPSA) is 54.3 Å². The summed E-state index contributed by atoms with van der Waals surface area (Å²) in [7, 11) is 0. The Hall–Kier alpha value is -4.26. The number of benzene rings is 3. The van der Waals surface area contributed by atoms with Crippen LogP contribution in [0.5, 0.6) is 0 Å². The number of hydrogen-bond donors (Lipinski definition) is 1. The molecule has 1 fully saturated rings. The number of para-hydroxylation sites is 1. The van der Waals surface area contributed by atoms with E-state index in [0.29, 0.717) is 6.54 Å². The summed E-state index contributed by atoms with van der Waals surface area (Å²) in [5, 5.41) is 3.50. The van der Waals surface area contributed by atoms with Gasteiger partial charge in [-0.15, -0.1) is 0 Å². The molecule has 0 atom stereocenters. The van der Waals surface area contributed by atoms with Crippen LogP contribution in [0.4, 0.5) is 13.6 Å². The number of fused-ring (bicyclic) bond motifs is 1. The van der Waals surface area contributed by atoms with Gasteiger partial charge in [-0.2, -0.15) is 0 Å². The van der Waals surface area contributed by atoms with E-state index in [1.54, 1.807) is 36.4 Å². The Morgan fingerprint density at radius 2 is 1.58 bits per heavy atom. The minimum Gasteiger partial charge on any atom is -0.342 e. The average molecular weight is 443 g/mol. The van der Waals surface area contributed by atoms with Gasteiger partial charge in [0.2, 0.25) is 0 Å². The summed E-state index contributed by atoms with van der Waals surface area (Å²) in [5.41, 5.74) is 3.01. The maximum absolute atomic E-state index is 14.0. The zero-order valence-electron chi connectivity index (χ0n) is 17.5. The minimum atomic E-state index is -0.593. The summed E-state index contributed by atoms with van der Waals surface area (Å²) in [6.07, 6.45) is 3.52. The van der Waals surface area contributed by atoms with E-state index in [0.717, 1.165) is 26.9 Å². The number of amides is 3. The number of halogens is 2. The molecule has 5 nitrogen and oxygen atoms in total. The number of carbonyl (C=O) groups is 2. The molecule has 1 aromatic heterocycles. The highest BCUT2D eigenvalue weighted by atomic mass is 19.1. The summed E-state index contributed by atoms with van der Waals surface area (Å²) in [5.74, 6) is -1.28. The molecular formula is C26H19F2N3O2. The molecule has 0 bridgehead atoms. The van der Waals surface area contributed by atoms with Gasteiger partial charge in [0.1, 0.15) is 17.3 Å². The lowest BCUT2D eigenvalue weighted by atomic mass is 10.1. The first-order chi connectivity index (χ1) is 16.0. The van der Waals surface area contributed by atoms with Crippen molar-refractivity contribution in [1.82, 2.24) is 14.8 Å². The summed E-state index contributed by atoms with van der Waals surface area (Å²) in [6.45, 7) is 0.366. The van der Waals surface area contributed by atoms with Crippen LogP contribution in [0.1, 0.15) is 16.7 Å². The van der Waals surface area contributed by atoms with Gasteiger partial charge >= 0.3 is 6.03 Å². The summed E-state index contributed by atoms with van der Waals surface area (Å²) in [6, 6.07) is 19.4. The first-order valence-electron chi connectivity index (χ1n) is 10.4. The van der Waals surface area contributed by atoms with Crippen LogP contribution in [0.3, 0.4) is 0 Å². The van der Waals surface area contributed by atoms with Crippen LogP contribution in [-0.4, -0.2) is 21.4 Å². The van der Waals surface area contributed by atoms with Crippen molar-refractivity contribution in [2.75, 3.05) is 0 Å². The highest BCUT2D eigenvalue weighted by molar-refractivity contribution is 6.14. The average Bonchev–Trinajstić information content (AvgIpc) is 3.29. The highest BCUT2D eigenvalue weighted by Crippen LogP contribution is 2.26. The van der Waals surface area contributed by atoms with Gasteiger partial charge in [0.05, 0.1) is 6.54 Å². The summed E-state index contributed by atoms with van der Waals surface area (Å²) >= 11 is 0. The number of imide groups is 1. The molecule has 5 rings (SSSR count). The van der Waals surface area contributed by atoms with Gasteiger partial charge in [-0.3, -0.25) is 9.69 Å². The Morgan fingerprint density at radius 3 is 2.36 bits per heavy atom. The zero-order chi connectivity index (χ0) is 22.9. The molecule has 0 unspecified atom stereocenters. The molecule has 0 radical (unpaired) electrons. The Balaban J connectivity index is 1.46. The van der Waals surface area contributed by atoms with Crippen LogP contribution >= 0.6 is 0 Å². The van der Waals surface area contributed by atoms with Gasteiger partial charge in [-0.1, -0.05) is 48.5 Å². The van der Waals surface area contributed by atoms with E-state index in [-0.39, 0.29) is 23.6 Å². The summed E-state index contributed by atoms with van der Waals surface area (Å²) < 4.78 is 29.3. The number of urea groups is 1. The number of nitrogens with zero attached hydrogens (tertiary/aromatic N) is 2. The van der Waals surface area contributed by atoms with Crippen molar-refractivity contribution in [3.8, 4) is 0 Å². The molecule has 0 saturated carbocycles. The Bertz CT molecular complexity index is 1410. The van der Waals surface area contributed by atoms with Crippen molar-refractivity contribution in [2.45, 2.75) is 13.1 Å². The molecule has 164 valence electrons. The van der Waals surface area contributed by atoms with E-state index in [1.807, 2.05) is 35.0 Å². The van der Waals surface area contributed by atoms with Gasteiger partial charge in [-0.25, -0.2) is 13.6 Å². The third kappa shape index (κ3) is 4.01. The highest BCUT2D eigenvalue weighted by Gasteiger charge is 2.34. The van der Waals surface area contributed by atoms with Gasteiger partial charge in [0.15, 0.2) is 0 Å². The largest absolute Gasteiger partial charge is 0.342 e. The molecule has 3 aromatic carbocycles. The predicted octanol–water partition coefficient (Wildman–Crippen LogP) is 5.06. The monoisotopic (exact) mass is 443 g/mol. The SMILES string of the molecule is O=C1N/C(=C\c2cn(Cc3ccc(F)cc3)c3ccccc23)C(=O)N1Cc1ccccc1F. The molecule has 1 N–H and O–H groups in total. The van der Waals surface area contributed by atoms with E-state index in [9.17, 15) is 18.4 Å². The number of rotatable bonds is 5. The molecule has 1 aliphatic rings. The van der Waals surface area contributed by atoms with Crippen LogP contribution < -0.4 is 5.32 Å². The Kier molecular flexibility index (Phi) is 5.22. The van der Waals surface area contributed by atoms with Crippen LogP contribution in [0, 0.1) is 11.6 Å². The lowest BCUT2D eigenvalue weighted by molar-refractivity contribution is -0.123. The van der Waals surface area contributed by atoms with E-state index >= 15 is 0 Å². The second-order valence-electron chi connectivity index (χ2n) is 7.83. The molecular weight excluding hydrogens is 424 g/mol. The van der Waals surface area contributed by atoms with Crippen molar-refractivity contribution in [1.29, 1.82) is 0 Å².